The van der Waals surface area contributed by atoms with Gasteiger partial charge in [-0.25, -0.2) is 0 Å². The Hall–Kier alpha value is -3.63. The number of halogens is 1. The molecule has 0 fully saturated rings. The molecule has 1 heterocycles. The predicted octanol–water partition coefficient (Wildman–Crippen LogP) is 8.91. The lowest BCUT2D eigenvalue weighted by molar-refractivity contribution is 0.306. The fourth-order valence-corrected chi connectivity index (χ4v) is 5.76. The van der Waals surface area contributed by atoms with E-state index in [0.717, 1.165) is 33.5 Å². The van der Waals surface area contributed by atoms with E-state index in [4.69, 9.17) is 9.73 Å². The summed E-state index contributed by atoms with van der Waals surface area (Å²) in [5.41, 5.74) is 8.21. The summed E-state index contributed by atoms with van der Waals surface area (Å²) < 4.78 is 7.14. The molecular formula is C33H29BrN2O. The van der Waals surface area contributed by atoms with Crippen molar-refractivity contribution in [1.82, 2.24) is 0 Å². The smallest absolute Gasteiger partial charge is 0.128 e. The van der Waals surface area contributed by atoms with E-state index in [1.807, 2.05) is 24.4 Å². The number of hydrogen-bond donors (Lipinski definition) is 1. The van der Waals surface area contributed by atoms with Crippen molar-refractivity contribution in [3.63, 3.8) is 0 Å². The largest absolute Gasteiger partial charge is 0.488 e. The summed E-state index contributed by atoms with van der Waals surface area (Å²) in [6, 6.07) is 32.1. The average Bonchev–Trinajstić information content (AvgIpc) is 3.43. The standard InChI is InChI=1S/C33H29BrN2O/c1-22-9-11-23(12-10-22)21-37-32-18-15-26(34)19-25(32)20-35-27-16-13-24(14-17-27)33-30-7-4-6-28(30)29-5-2-3-8-31(29)36-33/h2-6,8-20,28,30,33,36H,7,21H2,1H3/t28-,30-,33-/m0/s1. The first kappa shape index (κ1) is 23.7. The van der Waals surface area contributed by atoms with Gasteiger partial charge < -0.3 is 10.1 Å². The van der Waals surface area contributed by atoms with Crippen LogP contribution in [-0.2, 0) is 6.61 Å². The maximum absolute atomic E-state index is 6.15. The monoisotopic (exact) mass is 548 g/mol. The van der Waals surface area contributed by atoms with Crippen molar-refractivity contribution in [2.24, 2.45) is 10.9 Å². The second kappa shape index (κ2) is 10.4. The van der Waals surface area contributed by atoms with Crippen LogP contribution in [0.25, 0.3) is 0 Å². The molecule has 1 N–H and O–H groups in total. The van der Waals surface area contributed by atoms with Crippen LogP contribution in [0.3, 0.4) is 0 Å². The molecule has 3 atom stereocenters. The first-order chi connectivity index (χ1) is 18.1. The summed E-state index contributed by atoms with van der Waals surface area (Å²) >= 11 is 3.58. The Morgan fingerprint density at radius 1 is 0.973 bits per heavy atom. The van der Waals surface area contributed by atoms with Crippen molar-refractivity contribution in [2.75, 3.05) is 5.32 Å². The fourth-order valence-electron chi connectivity index (χ4n) is 5.38. The maximum atomic E-state index is 6.15. The highest BCUT2D eigenvalue weighted by Gasteiger charge is 2.37. The number of ether oxygens (including phenoxy) is 1. The average molecular weight is 550 g/mol. The molecule has 0 spiro atoms. The minimum Gasteiger partial charge on any atom is -0.488 e. The molecule has 4 aromatic carbocycles. The van der Waals surface area contributed by atoms with Gasteiger partial charge in [0.05, 0.1) is 11.7 Å². The summed E-state index contributed by atoms with van der Waals surface area (Å²) in [5, 5.41) is 3.81. The Labute approximate surface area is 227 Å². The molecule has 184 valence electrons. The molecule has 1 aliphatic heterocycles. The van der Waals surface area contributed by atoms with Crippen molar-refractivity contribution in [1.29, 1.82) is 0 Å². The first-order valence-electron chi connectivity index (χ1n) is 12.8. The highest BCUT2D eigenvalue weighted by molar-refractivity contribution is 9.10. The molecule has 4 heteroatoms. The van der Waals surface area contributed by atoms with Crippen molar-refractivity contribution >= 4 is 33.5 Å². The third kappa shape index (κ3) is 5.12. The number of nitrogens with one attached hydrogen (secondary N) is 1. The van der Waals surface area contributed by atoms with Gasteiger partial charge in [-0.05, 0) is 72.4 Å². The number of nitrogens with zero attached hydrogens (tertiary/aromatic N) is 1. The summed E-state index contributed by atoms with van der Waals surface area (Å²) in [4.78, 5) is 4.77. The normalized spacial score (nSPS) is 19.9. The topological polar surface area (TPSA) is 33.6 Å². The Balaban J connectivity index is 1.18. The highest BCUT2D eigenvalue weighted by atomic mass is 79.9. The van der Waals surface area contributed by atoms with Crippen molar-refractivity contribution in [3.8, 4) is 5.75 Å². The zero-order chi connectivity index (χ0) is 25.2. The van der Waals surface area contributed by atoms with Gasteiger partial charge in [0.2, 0.25) is 0 Å². The number of para-hydroxylation sites is 1. The van der Waals surface area contributed by atoms with E-state index in [0.29, 0.717) is 24.5 Å². The van der Waals surface area contributed by atoms with Gasteiger partial charge in [-0.1, -0.05) is 88.2 Å². The number of benzene rings is 4. The Bertz CT molecular complexity index is 1460. The number of allylic oxidation sites excluding steroid dienone is 2. The van der Waals surface area contributed by atoms with Gasteiger partial charge in [0.25, 0.3) is 0 Å². The zero-order valence-corrected chi connectivity index (χ0v) is 22.4. The van der Waals surface area contributed by atoms with E-state index in [9.17, 15) is 0 Å². The molecule has 4 aromatic rings. The number of hydrogen-bond acceptors (Lipinski definition) is 3. The van der Waals surface area contributed by atoms with Crippen LogP contribution in [0.4, 0.5) is 11.4 Å². The van der Waals surface area contributed by atoms with Gasteiger partial charge >= 0.3 is 0 Å². The van der Waals surface area contributed by atoms with E-state index in [-0.39, 0.29) is 0 Å². The number of aryl methyl sites for hydroxylation is 1. The number of fused-ring (bicyclic) bond motifs is 3. The van der Waals surface area contributed by atoms with Gasteiger partial charge in [-0.2, -0.15) is 0 Å². The molecule has 0 bridgehead atoms. The SMILES string of the molecule is Cc1ccc(COc2ccc(Br)cc2C=Nc2ccc([C@@H]3Nc4ccccc4[C@@H]4C=CC[C@@H]43)cc2)cc1. The number of anilines is 1. The molecule has 3 nitrogen and oxygen atoms in total. The highest BCUT2D eigenvalue weighted by Crippen LogP contribution is 2.49. The van der Waals surface area contributed by atoms with Crippen LogP contribution in [0, 0.1) is 12.8 Å². The molecule has 0 radical (unpaired) electrons. The fraction of sp³-hybridized carbons (Fsp3) is 0.182. The van der Waals surface area contributed by atoms with Gasteiger partial charge in [-0.3, -0.25) is 4.99 Å². The second-order valence-corrected chi connectivity index (χ2v) is 10.8. The van der Waals surface area contributed by atoms with Crippen LogP contribution in [0.15, 0.2) is 113 Å². The van der Waals surface area contributed by atoms with Crippen LogP contribution in [-0.4, -0.2) is 6.21 Å². The van der Waals surface area contributed by atoms with Crippen molar-refractivity contribution < 1.29 is 4.74 Å². The third-order valence-corrected chi connectivity index (χ3v) is 7.86. The first-order valence-corrected chi connectivity index (χ1v) is 13.6. The van der Waals surface area contributed by atoms with E-state index in [2.05, 4.69) is 113 Å². The minimum absolute atomic E-state index is 0.291. The second-order valence-electron chi connectivity index (χ2n) is 9.87. The Kier molecular flexibility index (Phi) is 6.67. The van der Waals surface area contributed by atoms with E-state index >= 15 is 0 Å². The molecule has 0 unspecified atom stereocenters. The molecular weight excluding hydrogens is 520 g/mol. The zero-order valence-electron chi connectivity index (χ0n) is 20.8. The predicted molar refractivity (Wildman–Crippen MR) is 156 cm³/mol. The van der Waals surface area contributed by atoms with Gasteiger partial charge in [-0.15, -0.1) is 0 Å². The Morgan fingerprint density at radius 3 is 2.62 bits per heavy atom. The lowest BCUT2D eigenvalue weighted by Crippen LogP contribution is -2.28. The van der Waals surface area contributed by atoms with E-state index < -0.39 is 0 Å². The van der Waals surface area contributed by atoms with Crippen LogP contribution < -0.4 is 10.1 Å². The van der Waals surface area contributed by atoms with Crippen LogP contribution in [0.5, 0.6) is 5.75 Å². The minimum atomic E-state index is 0.291. The third-order valence-electron chi connectivity index (χ3n) is 7.36. The lowest BCUT2D eigenvalue weighted by atomic mass is 9.77. The summed E-state index contributed by atoms with van der Waals surface area (Å²) in [6.07, 6.45) is 7.70. The molecule has 1 aliphatic carbocycles. The molecule has 0 saturated heterocycles. The molecule has 0 saturated carbocycles. The Morgan fingerprint density at radius 2 is 1.78 bits per heavy atom. The molecule has 0 aromatic heterocycles. The molecule has 0 amide bonds. The van der Waals surface area contributed by atoms with Crippen LogP contribution in [0.1, 0.15) is 46.2 Å². The van der Waals surface area contributed by atoms with Crippen LogP contribution in [0.2, 0.25) is 0 Å². The summed E-state index contributed by atoms with van der Waals surface area (Å²) in [6.45, 7) is 2.61. The quantitative estimate of drug-likeness (QED) is 0.192. The van der Waals surface area contributed by atoms with Gasteiger partial charge in [0, 0.05) is 27.9 Å². The van der Waals surface area contributed by atoms with Crippen molar-refractivity contribution in [3.05, 3.63) is 135 Å². The van der Waals surface area contributed by atoms with Gasteiger partial charge in [0.1, 0.15) is 12.4 Å². The van der Waals surface area contributed by atoms with E-state index in [1.165, 1.54) is 22.4 Å². The number of aliphatic imine (C=N–C) groups is 1. The molecule has 37 heavy (non-hydrogen) atoms. The number of rotatable bonds is 6. The van der Waals surface area contributed by atoms with Crippen molar-refractivity contribution in [2.45, 2.75) is 31.9 Å². The van der Waals surface area contributed by atoms with E-state index in [1.54, 1.807) is 0 Å². The van der Waals surface area contributed by atoms with Crippen LogP contribution >= 0.6 is 15.9 Å². The van der Waals surface area contributed by atoms with Gasteiger partial charge in [0.15, 0.2) is 0 Å². The summed E-state index contributed by atoms with van der Waals surface area (Å²) in [5.74, 6) is 1.84. The molecule has 2 aliphatic rings. The lowest BCUT2D eigenvalue weighted by Gasteiger charge is -2.37. The summed E-state index contributed by atoms with van der Waals surface area (Å²) in [7, 11) is 0. The maximum Gasteiger partial charge on any atom is 0.128 e. The molecule has 6 rings (SSSR count).